The average molecular weight is 662 g/mol. The Labute approximate surface area is 277 Å². The predicted molar refractivity (Wildman–Crippen MR) is 183 cm³/mol. The van der Waals surface area contributed by atoms with Gasteiger partial charge in [0.25, 0.3) is 10.0 Å². The molecule has 2 amide bonds. The molecule has 0 aliphatic heterocycles. The van der Waals surface area contributed by atoms with Crippen molar-refractivity contribution in [1.82, 2.24) is 10.2 Å². The fourth-order valence-electron chi connectivity index (χ4n) is 4.82. The van der Waals surface area contributed by atoms with Crippen molar-refractivity contribution in [3.05, 3.63) is 119 Å². The number of sulfonamides is 1. The van der Waals surface area contributed by atoms with E-state index in [0.29, 0.717) is 35.1 Å². The van der Waals surface area contributed by atoms with Crippen molar-refractivity contribution < 1.29 is 22.7 Å². The second-order valence-corrected chi connectivity index (χ2v) is 13.7. The monoisotopic (exact) mass is 661 g/mol. The molecule has 242 valence electrons. The second-order valence-electron chi connectivity index (χ2n) is 11.4. The molecule has 0 saturated heterocycles. The summed E-state index contributed by atoms with van der Waals surface area (Å²) in [6, 6.07) is 28.4. The highest BCUT2D eigenvalue weighted by molar-refractivity contribution is 7.92. The fraction of sp³-hybridized carbons (Fsp3) is 0.278. The molecule has 4 aromatic rings. The minimum absolute atomic E-state index is 0.0222. The summed E-state index contributed by atoms with van der Waals surface area (Å²) in [7, 11) is -4.21. The van der Waals surface area contributed by atoms with Crippen molar-refractivity contribution in [3.63, 3.8) is 0 Å². The third-order valence-electron chi connectivity index (χ3n) is 7.36. The number of carbonyl (C=O) groups is 2. The van der Waals surface area contributed by atoms with Crippen LogP contribution in [0.4, 0.5) is 5.69 Å². The molecule has 0 fully saturated rings. The van der Waals surface area contributed by atoms with Gasteiger partial charge in [-0.3, -0.25) is 13.9 Å². The highest BCUT2D eigenvalue weighted by Gasteiger charge is 2.34. The first-order valence-corrected chi connectivity index (χ1v) is 17.0. The number of nitrogens with zero attached hydrogens (tertiary/aromatic N) is 2. The molecule has 0 saturated carbocycles. The van der Waals surface area contributed by atoms with Crippen LogP contribution in [0.3, 0.4) is 0 Å². The van der Waals surface area contributed by atoms with Crippen LogP contribution in [0.15, 0.2) is 108 Å². The molecule has 1 unspecified atom stereocenters. The lowest BCUT2D eigenvalue weighted by molar-refractivity contribution is -0.140. The van der Waals surface area contributed by atoms with Crippen molar-refractivity contribution in [2.45, 2.75) is 51.6 Å². The molecule has 46 heavy (non-hydrogen) atoms. The average Bonchev–Trinajstić information content (AvgIpc) is 3.04. The Kier molecular flexibility index (Phi) is 11.8. The quantitative estimate of drug-likeness (QED) is 0.154. The number of halogens is 1. The van der Waals surface area contributed by atoms with Crippen molar-refractivity contribution in [1.29, 1.82) is 0 Å². The molecule has 0 bridgehead atoms. The normalized spacial score (nSPS) is 12.0. The van der Waals surface area contributed by atoms with E-state index >= 15 is 0 Å². The lowest BCUT2D eigenvalue weighted by Crippen LogP contribution is -2.52. The second kappa shape index (κ2) is 15.8. The lowest BCUT2D eigenvalue weighted by Gasteiger charge is -2.33. The summed E-state index contributed by atoms with van der Waals surface area (Å²) in [4.78, 5) is 29.2. The van der Waals surface area contributed by atoms with E-state index in [1.807, 2.05) is 58.0 Å². The lowest BCUT2D eigenvalue weighted by atomic mass is 10.1. The molecule has 0 radical (unpaired) electrons. The predicted octanol–water partition coefficient (Wildman–Crippen LogP) is 7.22. The smallest absolute Gasteiger partial charge is 0.264 e. The van der Waals surface area contributed by atoms with E-state index in [1.54, 1.807) is 60.7 Å². The van der Waals surface area contributed by atoms with Crippen molar-refractivity contribution in [3.8, 4) is 11.5 Å². The Bertz CT molecular complexity index is 1710. The number of aryl methyl sites for hydroxylation is 1. The van der Waals surface area contributed by atoms with E-state index in [1.165, 1.54) is 17.0 Å². The van der Waals surface area contributed by atoms with Gasteiger partial charge in [-0.15, -0.1) is 0 Å². The van der Waals surface area contributed by atoms with E-state index in [-0.39, 0.29) is 29.0 Å². The minimum atomic E-state index is -4.21. The van der Waals surface area contributed by atoms with Crippen molar-refractivity contribution in [2.75, 3.05) is 17.4 Å². The molecule has 1 N–H and O–H groups in total. The van der Waals surface area contributed by atoms with Crippen LogP contribution in [0.5, 0.6) is 11.5 Å². The summed E-state index contributed by atoms with van der Waals surface area (Å²) in [6.45, 7) is 7.57. The first-order valence-electron chi connectivity index (χ1n) is 15.2. The molecule has 0 spiro atoms. The molecule has 4 rings (SSSR count). The number of nitrogens with one attached hydrogen (secondary N) is 1. The van der Waals surface area contributed by atoms with Gasteiger partial charge in [-0.05, 0) is 79.4 Å². The standard InChI is InChI=1S/C36H40ClN3O5S/c1-5-34(36(42)38-23-26(2)3)39(24-28-11-9-10-14-33(28)37)35(41)25-40(46(43,44)32-21-15-27(4)16-22-32)29-17-19-31(20-18-29)45-30-12-7-6-8-13-30/h6-22,26,34H,5,23-25H2,1-4H3,(H,38,42). The summed E-state index contributed by atoms with van der Waals surface area (Å²) >= 11 is 6.49. The Morgan fingerprint density at radius 2 is 1.46 bits per heavy atom. The van der Waals surface area contributed by atoms with E-state index in [2.05, 4.69) is 5.32 Å². The largest absolute Gasteiger partial charge is 0.457 e. The summed E-state index contributed by atoms with van der Waals surface area (Å²) in [5, 5.41) is 3.37. The first kappa shape index (κ1) is 34.5. The number of carbonyl (C=O) groups excluding carboxylic acids is 2. The number of rotatable bonds is 14. The molecule has 1 atom stereocenters. The van der Waals surface area contributed by atoms with Gasteiger partial charge in [0.15, 0.2) is 0 Å². The van der Waals surface area contributed by atoms with Crippen LogP contribution in [0, 0.1) is 12.8 Å². The van der Waals surface area contributed by atoms with Gasteiger partial charge in [0, 0.05) is 18.1 Å². The number of anilines is 1. The van der Waals surface area contributed by atoms with Gasteiger partial charge < -0.3 is 15.0 Å². The summed E-state index contributed by atoms with van der Waals surface area (Å²) in [6.07, 6.45) is 0.316. The highest BCUT2D eigenvalue weighted by atomic mass is 35.5. The number of ether oxygens (including phenoxy) is 1. The minimum Gasteiger partial charge on any atom is -0.457 e. The topological polar surface area (TPSA) is 96.0 Å². The van der Waals surface area contributed by atoms with Crippen LogP contribution >= 0.6 is 11.6 Å². The van der Waals surface area contributed by atoms with Crippen LogP contribution in [0.25, 0.3) is 0 Å². The molecule has 0 aliphatic carbocycles. The van der Waals surface area contributed by atoms with Gasteiger partial charge in [-0.25, -0.2) is 8.42 Å². The zero-order valence-corrected chi connectivity index (χ0v) is 28.1. The zero-order chi connectivity index (χ0) is 33.3. The van der Waals surface area contributed by atoms with Gasteiger partial charge in [0.1, 0.15) is 24.1 Å². The summed E-state index contributed by atoms with van der Waals surface area (Å²) in [5.74, 6) is 0.477. The van der Waals surface area contributed by atoms with Gasteiger partial charge in [-0.1, -0.05) is 86.5 Å². The van der Waals surface area contributed by atoms with Crippen LogP contribution in [0.1, 0.15) is 38.3 Å². The van der Waals surface area contributed by atoms with E-state index in [0.717, 1.165) is 9.87 Å². The van der Waals surface area contributed by atoms with Crippen molar-refractivity contribution in [2.24, 2.45) is 5.92 Å². The SMILES string of the molecule is CCC(C(=O)NCC(C)C)N(Cc1ccccc1Cl)C(=O)CN(c1ccc(Oc2ccccc2)cc1)S(=O)(=O)c1ccc(C)cc1. The van der Waals surface area contributed by atoms with Gasteiger partial charge in [-0.2, -0.15) is 0 Å². The zero-order valence-electron chi connectivity index (χ0n) is 26.5. The molecule has 0 heterocycles. The Balaban J connectivity index is 1.73. The molecular weight excluding hydrogens is 622 g/mol. The first-order chi connectivity index (χ1) is 22.0. The molecule has 4 aromatic carbocycles. The molecule has 10 heteroatoms. The van der Waals surface area contributed by atoms with Crippen LogP contribution < -0.4 is 14.4 Å². The molecule has 0 aliphatic rings. The maximum Gasteiger partial charge on any atom is 0.264 e. The van der Waals surface area contributed by atoms with Gasteiger partial charge >= 0.3 is 0 Å². The highest BCUT2D eigenvalue weighted by Crippen LogP contribution is 2.29. The molecule has 8 nitrogen and oxygen atoms in total. The number of hydrogen-bond acceptors (Lipinski definition) is 5. The molecule has 0 aromatic heterocycles. The summed E-state index contributed by atoms with van der Waals surface area (Å²) in [5.41, 5.74) is 1.81. The summed E-state index contributed by atoms with van der Waals surface area (Å²) < 4.78 is 35.3. The van der Waals surface area contributed by atoms with E-state index in [9.17, 15) is 18.0 Å². The van der Waals surface area contributed by atoms with Gasteiger partial charge in [0.2, 0.25) is 11.8 Å². The third-order valence-corrected chi connectivity index (χ3v) is 9.52. The van der Waals surface area contributed by atoms with E-state index < -0.39 is 28.5 Å². The number of amides is 2. The Morgan fingerprint density at radius 3 is 2.07 bits per heavy atom. The third kappa shape index (κ3) is 8.89. The van der Waals surface area contributed by atoms with Crippen molar-refractivity contribution >= 4 is 39.1 Å². The van der Waals surface area contributed by atoms with E-state index in [4.69, 9.17) is 16.3 Å². The maximum atomic E-state index is 14.3. The van der Waals surface area contributed by atoms with Crippen LogP contribution in [-0.2, 0) is 26.2 Å². The maximum absolute atomic E-state index is 14.3. The van der Waals surface area contributed by atoms with Gasteiger partial charge in [0.05, 0.1) is 10.6 Å². The Morgan fingerprint density at radius 1 is 0.848 bits per heavy atom. The number of benzene rings is 4. The Hall–Kier alpha value is -4.34. The molecular formula is C36H40ClN3O5S. The van der Waals surface area contributed by atoms with Crippen LogP contribution in [-0.4, -0.2) is 44.3 Å². The number of para-hydroxylation sites is 1. The fourth-order valence-corrected chi connectivity index (χ4v) is 6.43. The number of hydrogen-bond donors (Lipinski definition) is 1. The van der Waals surface area contributed by atoms with Crippen LogP contribution in [0.2, 0.25) is 5.02 Å².